The van der Waals surface area contributed by atoms with Crippen molar-refractivity contribution in [1.29, 1.82) is 0 Å². The van der Waals surface area contributed by atoms with Crippen molar-refractivity contribution in [2.24, 2.45) is 11.8 Å². The average molecular weight is 466 g/mol. The SMILES string of the molecule is CC(C)CC1=[C]([Zr]([C]2=C(CC(C)C)C=CC2)[SiH](C)C)CC=C1.Cl.Cl. The zero-order chi connectivity index (χ0) is 16.3. The maximum Gasteiger partial charge on any atom is -0.147 e. The molecule has 0 bridgehead atoms. The van der Waals surface area contributed by atoms with Gasteiger partial charge in [-0.1, -0.05) is 0 Å². The molecular formula is C20H35Cl2SiZr. The maximum atomic E-state index is 2.63. The van der Waals surface area contributed by atoms with E-state index in [1.54, 1.807) is 11.1 Å². The van der Waals surface area contributed by atoms with Gasteiger partial charge in [-0.25, -0.2) is 0 Å². The molecule has 4 heteroatoms. The van der Waals surface area contributed by atoms with E-state index in [-0.39, 0.29) is 24.8 Å². The van der Waals surface area contributed by atoms with Gasteiger partial charge in [0.2, 0.25) is 0 Å². The normalized spacial score (nSPS) is 16.5. The molecule has 0 aromatic rings. The summed E-state index contributed by atoms with van der Waals surface area (Å²) in [5.41, 5.74) is 3.49. The van der Waals surface area contributed by atoms with E-state index in [2.05, 4.69) is 65.1 Å². The number of rotatable bonds is 7. The average Bonchev–Trinajstić information content (AvgIpc) is 3.00. The Bertz CT molecular complexity index is 484. The van der Waals surface area contributed by atoms with Gasteiger partial charge in [0.15, 0.2) is 0 Å². The van der Waals surface area contributed by atoms with Crippen LogP contribution in [0, 0.1) is 11.8 Å². The second-order valence-electron chi connectivity index (χ2n) is 7.98. The van der Waals surface area contributed by atoms with E-state index in [1.807, 2.05) is 6.56 Å². The van der Waals surface area contributed by atoms with Crippen molar-refractivity contribution >= 4 is 30.7 Å². The van der Waals surface area contributed by atoms with E-state index in [4.69, 9.17) is 0 Å². The monoisotopic (exact) mass is 463 g/mol. The molecule has 0 saturated carbocycles. The summed E-state index contributed by atoms with van der Waals surface area (Å²) in [6.45, 7) is 14.7. The van der Waals surface area contributed by atoms with E-state index < -0.39 is 26.8 Å². The predicted octanol–water partition coefficient (Wildman–Crippen LogP) is 6.95. The van der Waals surface area contributed by atoms with Gasteiger partial charge in [-0.3, -0.25) is 0 Å². The predicted molar refractivity (Wildman–Crippen MR) is 114 cm³/mol. The number of halogens is 2. The van der Waals surface area contributed by atoms with Crippen LogP contribution in [0.1, 0.15) is 53.4 Å². The number of hydrogen-bond donors (Lipinski definition) is 0. The second kappa shape index (κ2) is 11.4. The molecule has 2 rings (SSSR count). The van der Waals surface area contributed by atoms with Crippen LogP contribution in [0.25, 0.3) is 0 Å². The van der Waals surface area contributed by atoms with Crippen LogP contribution in [0.2, 0.25) is 13.1 Å². The van der Waals surface area contributed by atoms with Crippen molar-refractivity contribution in [2.45, 2.75) is 66.5 Å². The van der Waals surface area contributed by atoms with Crippen LogP contribution in [0.4, 0.5) is 0 Å². The molecule has 0 heterocycles. The van der Waals surface area contributed by atoms with E-state index in [0.717, 1.165) is 11.8 Å². The van der Waals surface area contributed by atoms with Crippen LogP contribution in [-0.4, -0.2) is 5.92 Å². The van der Waals surface area contributed by atoms with Gasteiger partial charge in [0, 0.05) is 0 Å². The fourth-order valence-electron chi connectivity index (χ4n) is 3.81. The Labute approximate surface area is 171 Å². The zero-order valence-corrected chi connectivity index (χ0v) is 21.4. The van der Waals surface area contributed by atoms with Crippen LogP contribution in [0.5, 0.6) is 0 Å². The van der Waals surface area contributed by atoms with Crippen molar-refractivity contribution in [3.63, 3.8) is 0 Å². The van der Waals surface area contributed by atoms with Crippen LogP contribution in [0.15, 0.2) is 42.0 Å². The third-order valence-electron chi connectivity index (χ3n) is 4.54. The summed E-state index contributed by atoms with van der Waals surface area (Å²) in [5, 5.41) is 0. The first-order chi connectivity index (χ1) is 10.4. The minimum Gasteiger partial charge on any atom is -0.147 e. The summed E-state index contributed by atoms with van der Waals surface area (Å²) in [5.74, 6) is 1.02. The second-order valence-corrected chi connectivity index (χ2v) is 27.2. The van der Waals surface area contributed by atoms with Gasteiger partial charge in [0.05, 0.1) is 0 Å². The number of hydrogen-bond acceptors (Lipinski definition) is 0. The quantitative estimate of drug-likeness (QED) is 0.357. The molecule has 2 aliphatic rings. The smallest absolute Gasteiger partial charge is 0.147 e. The van der Waals surface area contributed by atoms with E-state index in [0.29, 0.717) is 0 Å². The molecule has 0 aliphatic heterocycles. The maximum absolute atomic E-state index is 2.63. The van der Waals surface area contributed by atoms with Gasteiger partial charge >= 0.3 is 147 Å². The Kier molecular flexibility index (Phi) is 11.7. The summed E-state index contributed by atoms with van der Waals surface area (Å²) < 4.78 is 3.94. The summed E-state index contributed by atoms with van der Waals surface area (Å²) in [4.78, 5) is 0. The third-order valence-corrected chi connectivity index (χ3v) is 24.1. The molecule has 0 radical (unpaired) electrons. The fraction of sp³-hybridized carbons (Fsp3) is 0.600. The van der Waals surface area contributed by atoms with Crippen molar-refractivity contribution in [2.75, 3.05) is 0 Å². The Morgan fingerprint density at radius 2 is 1.21 bits per heavy atom. The molecule has 0 unspecified atom stereocenters. The Morgan fingerprint density at radius 1 is 0.833 bits per heavy atom. The molecule has 0 aromatic carbocycles. The van der Waals surface area contributed by atoms with Crippen molar-refractivity contribution in [1.82, 2.24) is 0 Å². The molecule has 0 fully saturated rings. The molecule has 0 N–H and O–H groups in total. The van der Waals surface area contributed by atoms with Crippen LogP contribution < -0.4 is 0 Å². The first-order valence-corrected chi connectivity index (χ1v) is 18.6. The van der Waals surface area contributed by atoms with E-state index >= 15 is 0 Å². The Hall–Kier alpha value is 0.640. The van der Waals surface area contributed by atoms with Crippen molar-refractivity contribution in [3.05, 3.63) is 42.0 Å². The molecule has 0 nitrogen and oxygen atoms in total. The summed E-state index contributed by atoms with van der Waals surface area (Å²) in [6, 6.07) is 0. The van der Waals surface area contributed by atoms with Gasteiger partial charge in [-0.15, -0.1) is 24.8 Å². The summed E-state index contributed by atoms with van der Waals surface area (Å²) in [7, 11) is 0. The standard InChI is InChI=1S/2C9H13.C2H7Si.2ClH.Zr/c2*1-8(2)7-9-5-3-4-6-9;1-3-2;;;/h2*3,5,8H,4,7H2,1-2H3;3H,1-2H3;2*1H;. The van der Waals surface area contributed by atoms with Crippen LogP contribution in [-0.2, 0) is 20.9 Å². The number of allylic oxidation sites excluding steroid dienone is 8. The first kappa shape index (κ1) is 24.6. The molecule has 0 aromatic heterocycles. The van der Waals surface area contributed by atoms with Gasteiger partial charge in [-0.2, -0.15) is 0 Å². The molecule has 0 amide bonds. The Morgan fingerprint density at radius 3 is 1.50 bits per heavy atom. The zero-order valence-electron chi connectivity index (χ0n) is 16.2. The van der Waals surface area contributed by atoms with Gasteiger partial charge in [0.1, 0.15) is 0 Å². The van der Waals surface area contributed by atoms with E-state index in [9.17, 15) is 0 Å². The topological polar surface area (TPSA) is 0 Å². The molecule has 2 aliphatic carbocycles. The Balaban J connectivity index is 0.00000264. The fourth-order valence-corrected chi connectivity index (χ4v) is 24.2. The molecule has 0 saturated heterocycles. The van der Waals surface area contributed by atoms with Gasteiger partial charge in [0.25, 0.3) is 0 Å². The van der Waals surface area contributed by atoms with Crippen LogP contribution >= 0.6 is 24.8 Å². The molecule has 24 heavy (non-hydrogen) atoms. The molecule has 0 spiro atoms. The third kappa shape index (κ3) is 6.42. The largest absolute Gasteiger partial charge is 0.147 e. The van der Waals surface area contributed by atoms with E-state index in [1.165, 1.54) is 25.7 Å². The molecular weight excluding hydrogens is 430 g/mol. The van der Waals surface area contributed by atoms with Crippen molar-refractivity contribution in [3.8, 4) is 0 Å². The van der Waals surface area contributed by atoms with Gasteiger partial charge < -0.3 is 0 Å². The first-order valence-electron chi connectivity index (χ1n) is 9.04. The summed E-state index contributed by atoms with van der Waals surface area (Å²) in [6.07, 6.45) is 15.0. The van der Waals surface area contributed by atoms with Crippen molar-refractivity contribution < 1.29 is 20.9 Å². The van der Waals surface area contributed by atoms with Gasteiger partial charge in [-0.05, 0) is 0 Å². The minimum atomic E-state index is -1.56. The molecule has 137 valence electrons. The minimum absolute atomic E-state index is 0. The summed E-state index contributed by atoms with van der Waals surface area (Å²) >= 11 is -1.56. The molecule has 0 atom stereocenters. The van der Waals surface area contributed by atoms with Crippen LogP contribution in [0.3, 0.4) is 0 Å².